The Bertz CT molecular complexity index is 1650. The average Bonchev–Trinajstić information content (AvgIpc) is 3.51. The van der Waals surface area contributed by atoms with Gasteiger partial charge in [-0.2, -0.15) is 5.10 Å². The molecule has 1 aliphatic rings. The van der Waals surface area contributed by atoms with Crippen LogP contribution in [-0.2, 0) is 11.3 Å². The number of carbonyl (C=O) groups excluding carboxylic acids is 3. The number of aromatic nitrogens is 3. The second-order valence-corrected chi connectivity index (χ2v) is 9.66. The van der Waals surface area contributed by atoms with Gasteiger partial charge in [0.25, 0.3) is 11.8 Å². The summed E-state index contributed by atoms with van der Waals surface area (Å²) in [4.78, 5) is 43.1. The molecule has 206 valence electrons. The van der Waals surface area contributed by atoms with Crippen molar-refractivity contribution in [2.24, 2.45) is 0 Å². The summed E-state index contributed by atoms with van der Waals surface area (Å²) < 4.78 is 30.3. The topological polar surface area (TPSA) is 129 Å². The predicted octanol–water partition coefficient (Wildman–Crippen LogP) is 3.08. The van der Waals surface area contributed by atoms with E-state index in [2.05, 4.69) is 20.7 Å². The van der Waals surface area contributed by atoms with Crippen LogP contribution in [0.25, 0.3) is 16.9 Å². The summed E-state index contributed by atoms with van der Waals surface area (Å²) in [7, 11) is 0. The van der Waals surface area contributed by atoms with E-state index in [4.69, 9.17) is 0 Å². The van der Waals surface area contributed by atoms with Crippen molar-refractivity contribution < 1.29 is 28.3 Å². The first-order chi connectivity index (χ1) is 19.1. The van der Waals surface area contributed by atoms with Crippen LogP contribution < -0.4 is 10.6 Å². The molecule has 3 N–H and O–H groups in total. The van der Waals surface area contributed by atoms with Gasteiger partial charge >= 0.3 is 0 Å². The quantitative estimate of drug-likeness (QED) is 0.340. The Labute approximate surface area is 227 Å². The smallest absolute Gasteiger partial charge is 0.257 e. The van der Waals surface area contributed by atoms with Crippen LogP contribution in [0.2, 0.25) is 0 Å². The van der Waals surface area contributed by atoms with Gasteiger partial charge in [-0.25, -0.2) is 18.3 Å². The number of hydrogen-bond acceptors (Lipinski definition) is 6. The Balaban J connectivity index is 1.38. The number of likely N-dealkylation sites (tertiary alicyclic amines) is 1. The zero-order valence-electron chi connectivity index (χ0n) is 21.7. The monoisotopic (exact) mass is 548 g/mol. The average molecular weight is 549 g/mol. The highest BCUT2D eigenvalue weighted by Gasteiger charge is 2.29. The van der Waals surface area contributed by atoms with Gasteiger partial charge < -0.3 is 20.6 Å². The van der Waals surface area contributed by atoms with E-state index in [9.17, 15) is 28.3 Å². The largest absolute Gasteiger partial charge is 0.391 e. The van der Waals surface area contributed by atoms with Crippen LogP contribution in [0.1, 0.15) is 45.2 Å². The molecule has 1 saturated heterocycles. The van der Waals surface area contributed by atoms with E-state index in [1.165, 1.54) is 16.3 Å². The van der Waals surface area contributed by atoms with E-state index in [0.717, 1.165) is 6.07 Å². The number of halogens is 2. The molecule has 0 saturated carbocycles. The maximum atomic E-state index is 14.7. The minimum Gasteiger partial charge on any atom is -0.391 e. The number of hydrogen-bond donors (Lipinski definition) is 3. The minimum absolute atomic E-state index is 0.00625. The standard InChI is InChI=1S/C28H26F2N6O4/c1-15-3-4-17(23-5-6-25-33-24(32-16(2)37)14-36(25)34-23)10-21(15)27(39)31-12-18-9-19(29)11-22(30)26(18)28(40)35-8-7-20(38)13-35/h3-6,9-11,14,20,38H,7-8,12-13H2,1-2H3,(H,31,39)(H,32,37)/t20-/m0/s1. The number of amides is 3. The van der Waals surface area contributed by atoms with Crippen molar-refractivity contribution in [2.45, 2.75) is 32.9 Å². The molecule has 3 amide bonds. The molecule has 2 aromatic heterocycles. The third kappa shape index (κ3) is 5.52. The number of carbonyl (C=O) groups is 3. The molecule has 0 spiro atoms. The van der Waals surface area contributed by atoms with Crippen molar-refractivity contribution in [1.82, 2.24) is 24.8 Å². The zero-order valence-corrected chi connectivity index (χ0v) is 21.7. The van der Waals surface area contributed by atoms with Crippen molar-refractivity contribution in [3.8, 4) is 11.3 Å². The van der Waals surface area contributed by atoms with Gasteiger partial charge in [0.15, 0.2) is 11.5 Å². The van der Waals surface area contributed by atoms with Gasteiger partial charge in [-0.05, 0) is 48.7 Å². The molecule has 2 aromatic carbocycles. The van der Waals surface area contributed by atoms with Gasteiger partial charge in [0.2, 0.25) is 5.91 Å². The number of imidazole rings is 1. The number of fused-ring (bicyclic) bond motifs is 1. The number of nitrogens with zero attached hydrogens (tertiary/aromatic N) is 4. The molecule has 0 radical (unpaired) electrons. The number of nitrogens with one attached hydrogen (secondary N) is 2. The van der Waals surface area contributed by atoms with Gasteiger partial charge in [-0.3, -0.25) is 14.4 Å². The van der Waals surface area contributed by atoms with E-state index in [1.807, 2.05) is 0 Å². The number of benzene rings is 2. The lowest BCUT2D eigenvalue weighted by Gasteiger charge is -2.19. The summed E-state index contributed by atoms with van der Waals surface area (Å²) in [5, 5.41) is 19.6. The first-order valence-electron chi connectivity index (χ1n) is 12.6. The molecule has 40 heavy (non-hydrogen) atoms. The number of rotatable bonds is 6. The van der Waals surface area contributed by atoms with Crippen LogP contribution in [0.4, 0.5) is 14.6 Å². The minimum atomic E-state index is -1.03. The highest BCUT2D eigenvalue weighted by atomic mass is 19.1. The first-order valence-corrected chi connectivity index (χ1v) is 12.6. The van der Waals surface area contributed by atoms with E-state index in [1.54, 1.807) is 43.5 Å². The molecule has 1 fully saturated rings. The first kappa shape index (κ1) is 26.9. The summed E-state index contributed by atoms with van der Waals surface area (Å²) >= 11 is 0. The van der Waals surface area contributed by atoms with Crippen molar-refractivity contribution in [3.63, 3.8) is 0 Å². The SMILES string of the molecule is CC(=O)Nc1cn2nc(-c3ccc(C)c(C(=O)NCc4cc(F)cc(F)c4C(=O)N4CC[C@H](O)C4)c3)ccc2n1. The second-order valence-electron chi connectivity index (χ2n) is 9.66. The summed E-state index contributed by atoms with van der Waals surface area (Å²) in [5.41, 5.74) is 2.33. The van der Waals surface area contributed by atoms with Crippen LogP contribution >= 0.6 is 0 Å². The van der Waals surface area contributed by atoms with Crippen molar-refractivity contribution >= 4 is 29.2 Å². The number of anilines is 1. The normalized spacial score (nSPS) is 14.9. The summed E-state index contributed by atoms with van der Waals surface area (Å²) in [5.74, 6) is -2.98. The molecular formula is C28H26F2N6O4. The molecule has 3 heterocycles. The van der Waals surface area contributed by atoms with Gasteiger partial charge in [0.1, 0.15) is 11.6 Å². The molecule has 1 atom stereocenters. The maximum absolute atomic E-state index is 14.7. The third-order valence-corrected chi connectivity index (χ3v) is 6.64. The van der Waals surface area contributed by atoms with Crippen molar-refractivity contribution in [3.05, 3.63) is 82.5 Å². The molecule has 12 heteroatoms. The Morgan fingerprint density at radius 1 is 1.12 bits per heavy atom. The predicted molar refractivity (Wildman–Crippen MR) is 142 cm³/mol. The molecule has 0 unspecified atom stereocenters. The van der Waals surface area contributed by atoms with Crippen LogP contribution in [0.15, 0.2) is 48.7 Å². The molecule has 5 rings (SSSR count). The third-order valence-electron chi connectivity index (χ3n) is 6.64. The van der Waals surface area contributed by atoms with Gasteiger partial charge in [0.05, 0.1) is 23.6 Å². The van der Waals surface area contributed by atoms with Gasteiger partial charge in [0, 0.05) is 43.8 Å². The highest BCUT2D eigenvalue weighted by molar-refractivity contribution is 5.98. The van der Waals surface area contributed by atoms with Crippen molar-refractivity contribution in [2.75, 3.05) is 18.4 Å². The van der Waals surface area contributed by atoms with Gasteiger partial charge in [-0.15, -0.1) is 0 Å². The Morgan fingerprint density at radius 2 is 1.93 bits per heavy atom. The lowest BCUT2D eigenvalue weighted by molar-refractivity contribution is -0.114. The summed E-state index contributed by atoms with van der Waals surface area (Å²) in [6.07, 6.45) is 1.24. The van der Waals surface area contributed by atoms with E-state index >= 15 is 0 Å². The molecular weight excluding hydrogens is 522 g/mol. The van der Waals surface area contributed by atoms with Crippen LogP contribution in [0.3, 0.4) is 0 Å². The van der Waals surface area contributed by atoms with Crippen molar-refractivity contribution in [1.29, 1.82) is 0 Å². The zero-order chi connectivity index (χ0) is 28.6. The maximum Gasteiger partial charge on any atom is 0.257 e. The Hall–Kier alpha value is -4.71. The Morgan fingerprint density at radius 3 is 2.65 bits per heavy atom. The van der Waals surface area contributed by atoms with E-state index in [0.29, 0.717) is 46.3 Å². The fourth-order valence-corrected chi connectivity index (χ4v) is 4.66. The molecule has 0 aliphatic carbocycles. The lowest BCUT2D eigenvalue weighted by Crippen LogP contribution is -2.32. The van der Waals surface area contributed by atoms with E-state index in [-0.39, 0.29) is 36.7 Å². The Kier molecular flexibility index (Phi) is 7.26. The number of aliphatic hydroxyl groups is 1. The second kappa shape index (κ2) is 10.8. The number of β-amino-alcohol motifs (C(OH)–C–C–N with tert-alkyl or cyclic N) is 1. The van der Waals surface area contributed by atoms with Crippen LogP contribution in [0, 0.1) is 18.6 Å². The van der Waals surface area contributed by atoms with Gasteiger partial charge in [-0.1, -0.05) is 12.1 Å². The fourth-order valence-electron chi connectivity index (χ4n) is 4.66. The lowest BCUT2D eigenvalue weighted by atomic mass is 10.0. The fraction of sp³-hybridized carbons (Fsp3) is 0.250. The van der Waals surface area contributed by atoms with Crippen LogP contribution in [0.5, 0.6) is 0 Å². The number of aliphatic hydroxyl groups excluding tert-OH is 1. The summed E-state index contributed by atoms with van der Waals surface area (Å²) in [6, 6.07) is 10.3. The highest BCUT2D eigenvalue weighted by Crippen LogP contribution is 2.24. The van der Waals surface area contributed by atoms with Crippen LogP contribution in [-0.4, -0.2) is 61.5 Å². The summed E-state index contributed by atoms with van der Waals surface area (Å²) in [6.45, 7) is 3.15. The van der Waals surface area contributed by atoms with E-state index < -0.39 is 29.6 Å². The molecule has 1 aliphatic heterocycles. The molecule has 4 aromatic rings. The molecule has 10 nitrogen and oxygen atoms in total. The molecule has 0 bridgehead atoms. The number of aryl methyl sites for hydroxylation is 1.